The highest BCUT2D eigenvalue weighted by Gasteiger charge is 2.66. The van der Waals surface area contributed by atoms with Crippen LogP contribution in [0.2, 0.25) is 0 Å². The topological polar surface area (TPSA) is 52.6 Å². The molecule has 5 fully saturated rings. The van der Waals surface area contributed by atoms with Crippen LogP contribution < -0.4 is 0 Å². The van der Waals surface area contributed by atoms with Gasteiger partial charge in [-0.05, 0) is 109 Å². The fraction of sp³-hybridized carbons (Fsp3) is 0.680. The van der Waals surface area contributed by atoms with Crippen molar-refractivity contribution in [3.63, 3.8) is 0 Å². The maximum atomic E-state index is 12.5. The summed E-state index contributed by atoms with van der Waals surface area (Å²) < 4.78 is 11.2. The number of carbonyl (C=O) groups is 2. The maximum absolute atomic E-state index is 12.5. The van der Waals surface area contributed by atoms with Crippen molar-refractivity contribution >= 4 is 11.9 Å². The van der Waals surface area contributed by atoms with Gasteiger partial charge in [0, 0.05) is 0 Å². The minimum atomic E-state index is -0.319. The standard InChI is InChI=1S/C25H28O4/c26-24-12-2-1-3-13(4-12)25(27)29-11-15-6-17(15)19-8-21(19)23-9-22(23)20-7-18(20)16-5-14(16)10-28-24/h1-4,14-23H,5-11H2. The molecule has 4 nitrogen and oxygen atoms in total. The molecular weight excluding hydrogens is 364 g/mol. The fourth-order valence-electron chi connectivity index (χ4n) is 6.94. The molecule has 0 amide bonds. The molecular formula is C25H28O4. The van der Waals surface area contributed by atoms with Crippen molar-refractivity contribution in [1.29, 1.82) is 0 Å². The number of fused-ring (bicyclic) bond motifs is 11. The van der Waals surface area contributed by atoms with Crippen molar-refractivity contribution in [2.75, 3.05) is 13.2 Å². The average molecular weight is 392 g/mol. The quantitative estimate of drug-likeness (QED) is 0.621. The van der Waals surface area contributed by atoms with E-state index in [1.165, 1.54) is 32.1 Å². The zero-order chi connectivity index (χ0) is 19.3. The normalized spacial score (nSPS) is 49.1. The van der Waals surface area contributed by atoms with Gasteiger partial charge >= 0.3 is 11.9 Å². The molecule has 0 N–H and O–H groups in total. The summed E-state index contributed by atoms with van der Waals surface area (Å²) in [5.41, 5.74) is 0.898. The average Bonchev–Trinajstić information content (AvgIpc) is 3.56. The Kier molecular flexibility index (Phi) is 3.42. The molecule has 1 heterocycles. The molecule has 5 aliphatic carbocycles. The van der Waals surface area contributed by atoms with Crippen molar-refractivity contribution < 1.29 is 19.1 Å². The zero-order valence-corrected chi connectivity index (χ0v) is 16.7. The van der Waals surface area contributed by atoms with Crippen LogP contribution in [-0.4, -0.2) is 25.2 Å². The molecule has 5 saturated carbocycles. The molecule has 0 saturated heterocycles. The Bertz CT molecular complexity index is 825. The number of rotatable bonds is 0. The van der Waals surface area contributed by atoms with Crippen molar-refractivity contribution in [1.82, 2.24) is 0 Å². The van der Waals surface area contributed by atoms with Crippen molar-refractivity contribution in [2.45, 2.75) is 32.1 Å². The van der Waals surface area contributed by atoms with Gasteiger partial charge in [-0.15, -0.1) is 0 Å². The van der Waals surface area contributed by atoms with E-state index in [-0.39, 0.29) is 11.9 Å². The molecule has 10 unspecified atom stereocenters. The lowest BCUT2D eigenvalue weighted by molar-refractivity contribution is 0.0476. The molecule has 1 aromatic rings. The van der Waals surface area contributed by atoms with Crippen molar-refractivity contribution in [3.8, 4) is 0 Å². The first kappa shape index (κ1) is 16.9. The molecule has 10 atom stereocenters. The SMILES string of the molecule is O=C1OCC2CC2C2CC2C2CC2C2CC2C2CC2COC(=O)c2cccc1c2. The molecule has 29 heavy (non-hydrogen) atoms. The molecule has 6 aliphatic rings. The van der Waals surface area contributed by atoms with Gasteiger partial charge in [0.25, 0.3) is 0 Å². The third kappa shape index (κ3) is 2.93. The van der Waals surface area contributed by atoms with E-state index in [1.807, 2.05) is 0 Å². The van der Waals surface area contributed by atoms with Crippen LogP contribution in [0.25, 0.3) is 0 Å². The largest absolute Gasteiger partial charge is 0.462 e. The predicted octanol–water partition coefficient (Wildman–Crippen LogP) is 4.19. The van der Waals surface area contributed by atoms with Gasteiger partial charge in [-0.2, -0.15) is 0 Å². The lowest BCUT2D eigenvalue weighted by atomic mass is 10.1. The number of hydrogen-bond acceptors (Lipinski definition) is 4. The third-order valence-electron chi connectivity index (χ3n) is 9.02. The second-order valence-electron chi connectivity index (χ2n) is 10.8. The molecule has 152 valence electrons. The first-order valence-electron chi connectivity index (χ1n) is 11.6. The van der Waals surface area contributed by atoms with Crippen LogP contribution in [-0.2, 0) is 9.47 Å². The lowest BCUT2D eigenvalue weighted by Gasteiger charge is -2.07. The Hall–Kier alpha value is -1.84. The van der Waals surface area contributed by atoms with E-state index in [1.54, 1.807) is 24.3 Å². The summed E-state index contributed by atoms with van der Waals surface area (Å²) in [6.45, 7) is 1.06. The van der Waals surface area contributed by atoms with Gasteiger partial charge in [0.15, 0.2) is 0 Å². The molecule has 0 radical (unpaired) electrons. The first-order valence-corrected chi connectivity index (χ1v) is 11.6. The van der Waals surface area contributed by atoms with Gasteiger partial charge in [0.1, 0.15) is 0 Å². The molecule has 1 aliphatic heterocycles. The van der Waals surface area contributed by atoms with E-state index in [0.29, 0.717) is 36.2 Å². The van der Waals surface area contributed by atoms with Crippen LogP contribution in [0.5, 0.6) is 0 Å². The highest BCUT2D eigenvalue weighted by atomic mass is 16.5. The Morgan fingerprint density at radius 2 is 1.00 bits per heavy atom. The minimum Gasteiger partial charge on any atom is -0.462 e. The second kappa shape index (κ2) is 5.86. The molecule has 0 aromatic heterocycles. The summed E-state index contributed by atoms with van der Waals surface area (Å²) >= 11 is 0. The molecule has 0 spiro atoms. The predicted molar refractivity (Wildman–Crippen MR) is 105 cm³/mol. The molecule has 7 rings (SSSR count). The van der Waals surface area contributed by atoms with E-state index >= 15 is 0 Å². The monoisotopic (exact) mass is 392 g/mol. The van der Waals surface area contributed by atoms with Gasteiger partial charge < -0.3 is 9.47 Å². The summed E-state index contributed by atoms with van der Waals surface area (Å²) in [7, 11) is 0. The highest BCUT2D eigenvalue weighted by Crippen LogP contribution is 2.72. The van der Waals surface area contributed by atoms with Crippen molar-refractivity contribution in [2.24, 2.45) is 59.2 Å². The van der Waals surface area contributed by atoms with E-state index in [9.17, 15) is 9.59 Å². The van der Waals surface area contributed by atoms with Gasteiger partial charge in [0.05, 0.1) is 24.3 Å². The Balaban J connectivity index is 1.09. The van der Waals surface area contributed by atoms with Crippen LogP contribution in [0.3, 0.4) is 0 Å². The Labute approximate surface area is 171 Å². The zero-order valence-electron chi connectivity index (χ0n) is 16.7. The fourth-order valence-corrected chi connectivity index (χ4v) is 6.94. The van der Waals surface area contributed by atoms with Gasteiger partial charge in [-0.1, -0.05) is 6.07 Å². The van der Waals surface area contributed by atoms with E-state index < -0.39 is 0 Å². The number of ether oxygens (including phenoxy) is 2. The van der Waals surface area contributed by atoms with E-state index in [0.717, 1.165) is 47.3 Å². The second-order valence-corrected chi connectivity index (χ2v) is 10.8. The van der Waals surface area contributed by atoms with Gasteiger partial charge in [-0.25, -0.2) is 9.59 Å². The van der Waals surface area contributed by atoms with E-state index in [4.69, 9.17) is 9.47 Å². The first-order chi connectivity index (χ1) is 14.2. The summed E-state index contributed by atoms with van der Waals surface area (Å²) in [4.78, 5) is 24.9. The summed E-state index contributed by atoms with van der Waals surface area (Å²) in [6, 6.07) is 6.81. The van der Waals surface area contributed by atoms with Crippen LogP contribution in [0.15, 0.2) is 24.3 Å². The molecule has 4 heteroatoms. The van der Waals surface area contributed by atoms with Crippen LogP contribution in [0.1, 0.15) is 52.8 Å². The Morgan fingerprint density at radius 3 is 1.45 bits per heavy atom. The number of cyclic esters (lactones) is 2. The van der Waals surface area contributed by atoms with Crippen LogP contribution in [0, 0.1) is 59.2 Å². The summed E-state index contributed by atoms with van der Waals surface area (Å²) in [5.74, 6) is 7.83. The third-order valence-corrected chi connectivity index (χ3v) is 9.02. The minimum absolute atomic E-state index is 0.319. The number of carbonyl (C=O) groups excluding carboxylic acids is 2. The van der Waals surface area contributed by atoms with Crippen LogP contribution in [0.4, 0.5) is 0 Å². The summed E-state index contributed by atoms with van der Waals surface area (Å²) in [5, 5.41) is 0. The smallest absolute Gasteiger partial charge is 0.338 e. The lowest BCUT2D eigenvalue weighted by Crippen LogP contribution is -2.12. The van der Waals surface area contributed by atoms with E-state index in [2.05, 4.69) is 0 Å². The number of esters is 2. The van der Waals surface area contributed by atoms with Gasteiger partial charge in [-0.3, -0.25) is 0 Å². The maximum Gasteiger partial charge on any atom is 0.338 e. The number of hydrogen-bond donors (Lipinski definition) is 0. The number of benzene rings is 1. The highest BCUT2D eigenvalue weighted by molar-refractivity contribution is 5.95. The van der Waals surface area contributed by atoms with Crippen LogP contribution >= 0.6 is 0 Å². The molecule has 2 bridgehead atoms. The molecule has 1 aromatic carbocycles. The Morgan fingerprint density at radius 1 is 0.586 bits per heavy atom. The van der Waals surface area contributed by atoms with Gasteiger partial charge in [0.2, 0.25) is 0 Å². The summed E-state index contributed by atoms with van der Waals surface area (Å²) in [6.07, 6.45) is 6.78. The van der Waals surface area contributed by atoms with Crippen molar-refractivity contribution in [3.05, 3.63) is 35.4 Å².